The first-order valence-electron chi connectivity index (χ1n) is 5.25. The molecule has 0 amide bonds. The summed E-state index contributed by atoms with van der Waals surface area (Å²) in [5, 5.41) is 0. The second-order valence-electron chi connectivity index (χ2n) is 3.64. The van der Waals surface area contributed by atoms with E-state index in [0.717, 1.165) is 13.0 Å². The van der Waals surface area contributed by atoms with E-state index >= 15 is 0 Å². The topological polar surface area (TPSA) is 6.48 Å². The summed E-state index contributed by atoms with van der Waals surface area (Å²) in [4.78, 5) is 5.00. The second-order valence-corrected chi connectivity index (χ2v) is 3.64. The van der Waals surface area contributed by atoms with Crippen LogP contribution in [0.4, 0.5) is 0 Å². The van der Waals surface area contributed by atoms with E-state index in [9.17, 15) is 0 Å². The number of hydrogen-bond donors (Lipinski definition) is 0. The fourth-order valence-corrected chi connectivity index (χ4v) is 1.78. The summed E-state index contributed by atoms with van der Waals surface area (Å²) < 4.78 is 0. The highest BCUT2D eigenvalue weighted by Crippen LogP contribution is 2.02. The monoisotopic (exact) mass is 180 g/mol. The molecule has 0 aliphatic carbocycles. The number of piperazine rings is 1. The molecule has 1 saturated heterocycles. The van der Waals surface area contributed by atoms with Crippen molar-refractivity contribution in [2.75, 3.05) is 39.3 Å². The third kappa shape index (κ3) is 3.80. The molecular weight excluding hydrogens is 160 g/mol. The van der Waals surface area contributed by atoms with Gasteiger partial charge in [-0.1, -0.05) is 6.92 Å². The van der Waals surface area contributed by atoms with Gasteiger partial charge in [-0.2, -0.15) is 0 Å². The maximum atomic E-state index is 5.23. The Hall–Kier alpha value is -0.520. The van der Waals surface area contributed by atoms with E-state index in [0.29, 0.717) is 0 Å². The lowest BCUT2D eigenvalue weighted by Gasteiger charge is -2.34. The highest BCUT2D eigenvalue weighted by Gasteiger charge is 2.14. The molecule has 0 radical (unpaired) electrons. The predicted octanol–water partition coefficient (Wildman–Crippen LogP) is 1.04. The van der Waals surface area contributed by atoms with Gasteiger partial charge in [0.25, 0.3) is 0 Å². The molecule has 1 heterocycles. The maximum absolute atomic E-state index is 5.23. The van der Waals surface area contributed by atoms with Crippen LogP contribution in [0.5, 0.6) is 0 Å². The fourth-order valence-electron chi connectivity index (χ4n) is 1.78. The van der Waals surface area contributed by atoms with Crippen LogP contribution in [0.1, 0.15) is 19.8 Å². The molecule has 2 heteroatoms. The molecule has 74 valence electrons. The summed E-state index contributed by atoms with van der Waals surface area (Å²) in [5.41, 5.74) is 0. The molecular formula is C11H20N2. The van der Waals surface area contributed by atoms with Crippen molar-refractivity contribution in [3.8, 4) is 12.3 Å². The molecule has 1 fully saturated rings. The fraction of sp³-hybridized carbons (Fsp3) is 0.818. The molecule has 0 atom stereocenters. The lowest BCUT2D eigenvalue weighted by molar-refractivity contribution is 0.135. The number of hydrogen-bond acceptors (Lipinski definition) is 2. The molecule has 0 aromatic rings. The van der Waals surface area contributed by atoms with Gasteiger partial charge in [0.15, 0.2) is 0 Å². The Morgan fingerprint density at radius 2 is 1.62 bits per heavy atom. The molecule has 1 rings (SSSR count). The van der Waals surface area contributed by atoms with Crippen molar-refractivity contribution in [2.45, 2.75) is 19.8 Å². The minimum atomic E-state index is 0.897. The largest absolute Gasteiger partial charge is 0.301 e. The minimum Gasteiger partial charge on any atom is -0.301 e. The molecule has 0 aromatic heterocycles. The van der Waals surface area contributed by atoms with E-state index in [2.05, 4.69) is 22.6 Å². The Kier molecular flexibility index (Phi) is 4.88. The van der Waals surface area contributed by atoms with Crippen LogP contribution < -0.4 is 0 Å². The van der Waals surface area contributed by atoms with Crippen LogP contribution in [-0.4, -0.2) is 49.1 Å². The van der Waals surface area contributed by atoms with Crippen molar-refractivity contribution in [2.24, 2.45) is 0 Å². The summed E-state index contributed by atoms with van der Waals surface area (Å²) in [7, 11) is 0. The molecule has 1 aliphatic heterocycles. The van der Waals surface area contributed by atoms with Gasteiger partial charge in [0, 0.05) is 39.1 Å². The SMILES string of the molecule is C#CCCN1CCN(CCC)CC1. The first-order valence-corrected chi connectivity index (χ1v) is 5.25. The Morgan fingerprint density at radius 1 is 1.08 bits per heavy atom. The van der Waals surface area contributed by atoms with Crippen LogP contribution in [0.2, 0.25) is 0 Å². The maximum Gasteiger partial charge on any atom is 0.0214 e. The summed E-state index contributed by atoms with van der Waals surface area (Å²) in [6.45, 7) is 9.41. The molecule has 2 nitrogen and oxygen atoms in total. The van der Waals surface area contributed by atoms with Gasteiger partial charge in [-0.05, 0) is 13.0 Å². The summed E-state index contributed by atoms with van der Waals surface area (Å²) >= 11 is 0. The Labute approximate surface area is 81.9 Å². The van der Waals surface area contributed by atoms with Gasteiger partial charge in [0.1, 0.15) is 0 Å². The third-order valence-corrected chi connectivity index (χ3v) is 2.58. The van der Waals surface area contributed by atoms with Gasteiger partial charge in [0.2, 0.25) is 0 Å². The summed E-state index contributed by atoms with van der Waals surface area (Å²) in [5.74, 6) is 2.70. The lowest BCUT2D eigenvalue weighted by atomic mass is 10.3. The van der Waals surface area contributed by atoms with Gasteiger partial charge < -0.3 is 4.90 Å². The molecule has 0 bridgehead atoms. The van der Waals surface area contributed by atoms with Gasteiger partial charge in [0.05, 0.1) is 0 Å². The Balaban J connectivity index is 2.12. The van der Waals surface area contributed by atoms with E-state index in [-0.39, 0.29) is 0 Å². The van der Waals surface area contributed by atoms with Crippen LogP contribution in [0.3, 0.4) is 0 Å². The molecule has 0 N–H and O–H groups in total. The zero-order valence-corrected chi connectivity index (χ0v) is 8.63. The van der Waals surface area contributed by atoms with E-state index in [1.807, 2.05) is 0 Å². The molecule has 0 saturated carbocycles. The van der Waals surface area contributed by atoms with Gasteiger partial charge in [-0.3, -0.25) is 4.90 Å². The zero-order valence-electron chi connectivity index (χ0n) is 8.63. The smallest absolute Gasteiger partial charge is 0.0214 e. The van der Waals surface area contributed by atoms with E-state index in [1.54, 1.807) is 0 Å². The van der Waals surface area contributed by atoms with E-state index < -0.39 is 0 Å². The molecule has 0 spiro atoms. The highest BCUT2D eigenvalue weighted by molar-refractivity contribution is 4.85. The molecule has 0 unspecified atom stereocenters. The molecule has 13 heavy (non-hydrogen) atoms. The van der Waals surface area contributed by atoms with Crippen LogP contribution in [0, 0.1) is 12.3 Å². The first kappa shape index (κ1) is 10.6. The minimum absolute atomic E-state index is 0.897. The highest BCUT2D eigenvalue weighted by atomic mass is 15.3. The quantitative estimate of drug-likeness (QED) is 0.596. The number of rotatable bonds is 4. The summed E-state index contributed by atoms with van der Waals surface area (Å²) in [6.07, 6.45) is 7.40. The van der Waals surface area contributed by atoms with E-state index in [1.165, 1.54) is 39.1 Å². The van der Waals surface area contributed by atoms with Crippen molar-refractivity contribution >= 4 is 0 Å². The molecule has 1 aliphatic rings. The third-order valence-electron chi connectivity index (χ3n) is 2.58. The van der Waals surface area contributed by atoms with Gasteiger partial charge >= 0.3 is 0 Å². The normalized spacial score (nSPS) is 20.0. The second kappa shape index (κ2) is 6.01. The zero-order chi connectivity index (χ0) is 9.52. The Bertz CT molecular complexity index is 163. The van der Waals surface area contributed by atoms with Crippen LogP contribution >= 0.6 is 0 Å². The van der Waals surface area contributed by atoms with Crippen molar-refractivity contribution in [1.82, 2.24) is 9.80 Å². The van der Waals surface area contributed by atoms with Gasteiger partial charge in [-0.25, -0.2) is 0 Å². The molecule has 0 aromatic carbocycles. The van der Waals surface area contributed by atoms with E-state index in [4.69, 9.17) is 6.42 Å². The van der Waals surface area contributed by atoms with Crippen molar-refractivity contribution in [3.05, 3.63) is 0 Å². The standard InChI is InChI=1S/C11H20N2/c1-3-5-7-13-10-8-12(6-4-2)9-11-13/h1H,4-11H2,2H3. The summed E-state index contributed by atoms with van der Waals surface area (Å²) in [6, 6.07) is 0. The van der Waals surface area contributed by atoms with Crippen LogP contribution in [0.15, 0.2) is 0 Å². The van der Waals surface area contributed by atoms with Crippen molar-refractivity contribution in [1.29, 1.82) is 0 Å². The number of nitrogens with zero attached hydrogens (tertiary/aromatic N) is 2. The van der Waals surface area contributed by atoms with Crippen molar-refractivity contribution in [3.63, 3.8) is 0 Å². The van der Waals surface area contributed by atoms with Crippen LogP contribution in [0.25, 0.3) is 0 Å². The average Bonchev–Trinajstić information content (AvgIpc) is 2.17. The Morgan fingerprint density at radius 3 is 2.08 bits per heavy atom. The number of terminal acetylenes is 1. The van der Waals surface area contributed by atoms with Gasteiger partial charge in [-0.15, -0.1) is 12.3 Å². The first-order chi connectivity index (χ1) is 6.36. The average molecular weight is 180 g/mol. The predicted molar refractivity (Wildman–Crippen MR) is 56.6 cm³/mol. The lowest BCUT2D eigenvalue weighted by Crippen LogP contribution is -2.46. The van der Waals surface area contributed by atoms with Crippen molar-refractivity contribution < 1.29 is 0 Å². The van der Waals surface area contributed by atoms with Crippen LogP contribution in [-0.2, 0) is 0 Å².